The fraction of sp³-hybridized carbons (Fsp3) is 0.333. The van der Waals surface area contributed by atoms with Gasteiger partial charge in [-0.05, 0) is 35.4 Å². The molecule has 0 fully saturated rings. The minimum Gasteiger partial charge on any atom is -0.497 e. The standard InChI is InChI=1S/C18H21NO4/c1-20-15-5-3-13(4-6-15)11-19-12-14-9-16(21-2)18-17(10-14)22-7-8-23-18/h3-6,9-10,19H,7-8,11-12H2,1-2H3. The molecule has 0 saturated heterocycles. The van der Waals surface area contributed by atoms with E-state index < -0.39 is 0 Å². The van der Waals surface area contributed by atoms with E-state index in [0.29, 0.717) is 24.7 Å². The van der Waals surface area contributed by atoms with Crippen LogP contribution in [0.1, 0.15) is 11.1 Å². The SMILES string of the molecule is COc1ccc(CNCc2cc(OC)c3c(c2)OCCO3)cc1. The van der Waals surface area contributed by atoms with E-state index in [1.165, 1.54) is 5.56 Å². The van der Waals surface area contributed by atoms with Crippen molar-refractivity contribution < 1.29 is 18.9 Å². The summed E-state index contributed by atoms with van der Waals surface area (Å²) >= 11 is 0. The predicted molar refractivity (Wildman–Crippen MR) is 87.5 cm³/mol. The zero-order chi connectivity index (χ0) is 16.1. The normalized spacial score (nSPS) is 12.8. The molecule has 0 atom stereocenters. The largest absolute Gasteiger partial charge is 0.497 e. The van der Waals surface area contributed by atoms with Crippen molar-refractivity contribution in [3.63, 3.8) is 0 Å². The molecule has 1 N–H and O–H groups in total. The van der Waals surface area contributed by atoms with Crippen LogP contribution in [0.25, 0.3) is 0 Å². The second-order valence-corrected chi connectivity index (χ2v) is 5.27. The molecular formula is C18H21NO4. The second-order valence-electron chi connectivity index (χ2n) is 5.27. The van der Waals surface area contributed by atoms with E-state index in [0.717, 1.165) is 30.2 Å². The fourth-order valence-corrected chi connectivity index (χ4v) is 2.52. The van der Waals surface area contributed by atoms with Gasteiger partial charge in [0, 0.05) is 13.1 Å². The van der Waals surface area contributed by atoms with Gasteiger partial charge in [0.1, 0.15) is 19.0 Å². The molecule has 5 heteroatoms. The molecule has 0 aliphatic carbocycles. The number of methoxy groups -OCH3 is 2. The minimum atomic E-state index is 0.554. The number of ether oxygens (including phenoxy) is 4. The molecule has 2 aromatic rings. The first kappa shape index (κ1) is 15.5. The molecule has 0 unspecified atom stereocenters. The maximum atomic E-state index is 5.65. The van der Waals surface area contributed by atoms with Gasteiger partial charge < -0.3 is 24.3 Å². The van der Waals surface area contributed by atoms with Crippen molar-refractivity contribution in [3.05, 3.63) is 47.5 Å². The summed E-state index contributed by atoms with van der Waals surface area (Å²) in [4.78, 5) is 0. The summed E-state index contributed by atoms with van der Waals surface area (Å²) in [5, 5.41) is 3.42. The molecule has 23 heavy (non-hydrogen) atoms. The van der Waals surface area contributed by atoms with Gasteiger partial charge in [-0.15, -0.1) is 0 Å². The van der Waals surface area contributed by atoms with Crippen LogP contribution in [0.5, 0.6) is 23.0 Å². The number of hydrogen-bond acceptors (Lipinski definition) is 5. The number of benzene rings is 2. The minimum absolute atomic E-state index is 0.554. The van der Waals surface area contributed by atoms with Crippen LogP contribution < -0.4 is 24.3 Å². The number of hydrogen-bond donors (Lipinski definition) is 1. The highest BCUT2D eigenvalue weighted by molar-refractivity contribution is 5.54. The van der Waals surface area contributed by atoms with Gasteiger partial charge in [0.25, 0.3) is 0 Å². The average molecular weight is 315 g/mol. The van der Waals surface area contributed by atoms with E-state index in [-0.39, 0.29) is 0 Å². The molecule has 1 aliphatic rings. The molecule has 0 spiro atoms. The maximum Gasteiger partial charge on any atom is 0.203 e. The van der Waals surface area contributed by atoms with Gasteiger partial charge in [-0.25, -0.2) is 0 Å². The summed E-state index contributed by atoms with van der Waals surface area (Å²) in [5.74, 6) is 3.02. The van der Waals surface area contributed by atoms with Crippen LogP contribution in [-0.4, -0.2) is 27.4 Å². The lowest BCUT2D eigenvalue weighted by Gasteiger charge is -2.21. The van der Waals surface area contributed by atoms with E-state index in [1.807, 2.05) is 24.3 Å². The highest BCUT2D eigenvalue weighted by Crippen LogP contribution is 2.40. The Morgan fingerprint density at radius 3 is 2.39 bits per heavy atom. The highest BCUT2D eigenvalue weighted by atomic mass is 16.6. The lowest BCUT2D eigenvalue weighted by Crippen LogP contribution is -2.17. The van der Waals surface area contributed by atoms with Gasteiger partial charge in [0.05, 0.1) is 14.2 Å². The number of nitrogens with one attached hydrogen (secondary N) is 1. The first-order valence-corrected chi connectivity index (χ1v) is 7.60. The van der Waals surface area contributed by atoms with Crippen molar-refractivity contribution in [3.8, 4) is 23.0 Å². The average Bonchev–Trinajstić information content (AvgIpc) is 2.61. The third kappa shape index (κ3) is 3.68. The molecule has 122 valence electrons. The molecular weight excluding hydrogens is 294 g/mol. The van der Waals surface area contributed by atoms with E-state index in [4.69, 9.17) is 18.9 Å². The van der Waals surface area contributed by atoms with Gasteiger partial charge in [0.15, 0.2) is 11.5 Å². The molecule has 1 heterocycles. The quantitative estimate of drug-likeness (QED) is 0.888. The summed E-state index contributed by atoms with van der Waals surface area (Å²) in [7, 11) is 3.31. The summed E-state index contributed by atoms with van der Waals surface area (Å²) in [6.45, 7) is 2.62. The smallest absolute Gasteiger partial charge is 0.203 e. The van der Waals surface area contributed by atoms with Crippen LogP contribution in [-0.2, 0) is 13.1 Å². The third-order valence-electron chi connectivity index (χ3n) is 3.71. The number of fused-ring (bicyclic) bond motifs is 1. The van der Waals surface area contributed by atoms with E-state index in [2.05, 4.69) is 17.4 Å². The Bertz CT molecular complexity index is 638. The molecule has 5 nitrogen and oxygen atoms in total. The van der Waals surface area contributed by atoms with Gasteiger partial charge in [-0.1, -0.05) is 12.1 Å². The zero-order valence-corrected chi connectivity index (χ0v) is 13.4. The summed E-state index contributed by atoms with van der Waals surface area (Å²) < 4.78 is 21.8. The van der Waals surface area contributed by atoms with E-state index >= 15 is 0 Å². The molecule has 2 aromatic carbocycles. The van der Waals surface area contributed by atoms with Gasteiger partial charge in [-0.3, -0.25) is 0 Å². The Morgan fingerprint density at radius 2 is 1.65 bits per heavy atom. The van der Waals surface area contributed by atoms with Crippen LogP contribution in [0.2, 0.25) is 0 Å². The van der Waals surface area contributed by atoms with Crippen molar-refractivity contribution in [2.75, 3.05) is 27.4 Å². The fourth-order valence-electron chi connectivity index (χ4n) is 2.52. The van der Waals surface area contributed by atoms with Crippen molar-refractivity contribution >= 4 is 0 Å². The summed E-state index contributed by atoms with van der Waals surface area (Å²) in [5.41, 5.74) is 2.30. The molecule has 0 bridgehead atoms. The zero-order valence-electron chi connectivity index (χ0n) is 13.4. The van der Waals surface area contributed by atoms with Crippen molar-refractivity contribution in [2.24, 2.45) is 0 Å². The Kier molecular flexibility index (Phi) is 4.88. The highest BCUT2D eigenvalue weighted by Gasteiger charge is 2.18. The Balaban J connectivity index is 1.63. The Morgan fingerprint density at radius 1 is 0.913 bits per heavy atom. The molecule has 3 rings (SSSR count). The van der Waals surface area contributed by atoms with Crippen molar-refractivity contribution in [1.29, 1.82) is 0 Å². The lowest BCUT2D eigenvalue weighted by molar-refractivity contribution is 0.165. The van der Waals surface area contributed by atoms with Crippen LogP contribution in [0.3, 0.4) is 0 Å². The van der Waals surface area contributed by atoms with E-state index in [9.17, 15) is 0 Å². The number of rotatable bonds is 6. The van der Waals surface area contributed by atoms with Crippen molar-refractivity contribution in [2.45, 2.75) is 13.1 Å². The first-order chi connectivity index (χ1) is 11.3. The van der Waals surface area contributed by atoms with E-state index in [1.54, 1.807) is 14.2 Å². The van der Waals surface area contributed by atoms with Gasteiger partial charge in [-0.2, -0.15) is 0 Å². The second kappa shape index (κ2) is 7.24. The van der Waals surface area contributed by atoms with Crippen LogP contribution in [0, 0.1) is 0 Å². The molecule has 0 saturated carbocycles. The lowest BCUT2D eigenvalue weighted by atomic mass is 10.1. The van der Waals surface area contributed by atoms with Crippen LogP contribution >= 0.6 is 0 Å². The molecule has 0 amide bonds. The van der Waals surface area contributed by atoms with Crippen LogP contribution in [0.15, 0.2) is 36.4 Å². The molecule has 1 aliphatic heterocycles. The maximum absolute atomic E-state index is 5.65. The van der Waals surface area contributed by atoms with Crippen LogP contribution in [0.4, 0.5) is 0 Å². The summed E-state index contributed by atoms with van der Waals surface area (Å²) in [6.07, 6.45) is 0. The van der Waals surface area contributed by atoms with Gasteiger partial charge >= 0.3 is 0 Å². The topological polar surface area (TPSA) is 49.0 Å². The molecule has 0 aromatic heterocycles. The Hall–Kier alpha value is -2.40. The summed E-state index contributed by atoms with van der Waals surface area (Å²) in [6, 6.07) is 12.0. The monoisotopic (exact) mass is 315 g/mol. The Labute approximate surface area is 136 Å². The van der Waals surface area contributed by atoms with Gasteiger partial charge in [0.2, 0.25) is 5.75 Å². The van der Waals surface area contributed by atoms with Crippen molar-refractivity contribution in [1.82, 2.24) is 5.32 Å². The first-order valence-electron chi connectivity index (χ1n) is 7.60. The predicted octanol–water partition coefficient (Wildman–Crippen LogP) is 2.76. The molecule has 0 radical (unpaired) electrons. The third-order valence-corrected chi connectivity index (χ3v) is 3.71.